The van der Waals surface area contributed by atoms with Crippen LogP contribution in [-0.4, -0.2) is 62.6 Å². The van der Waals surface area contributed by atoms with Crippen molar-refractivity contribution in [2.45, 2.75) is 32.7 Å². The largest absolute Gasteiger partial charge is 0.495 e. The molecule has 0 unspecified atom stereocenters. The summed E-state index contributed by atoms with van der Waals surface area (Å²) < 4.78 is 5.48. The van der Waals surface area contributed by atoms with Gasteiger partial charge in [-0.3, -0.25) is 9.69 Å². The summed E-state index contributed by atoms with van der Waals surface area (Å²) in [4.78, 5) is 19.2. The Morgan fingerprint density at radius 2 is 1.63 bits per heavy atom. The van der Waals surface area contributed by atoms with Gasteiger partial charge in [-0.25, -0.2) is 0 Å². The lowest BCUT2D eigenvalue weighted by atomic mass is 9.87. The van der Waals surface area contributed by atoms with Crippen LogP contribution in [0.3, 0.4) is 0 Å². The summed E-state index contributed by atoms with van der Waals surface area (Å²) >= 11 is 0. The van der Waals surface area contributed by atoms with Crippen molar-refractivity contribution in [3.63, 3.8) is 0 Å². The Balaban J connectivity index is 1.49. The first-order chi connectivity index (χ1) is 14.3. The fraction of sp³-hybridized carbons (Fsp3) is 0.480. The van der Waals surface area contributed by atoms with E-state index in [0.29, 0.717) is 6.54 Å². The molecule has 0 spiro atoms. The maximum atomic E-state index is 12.8. The third kappa shape index (κ3) is 5.54. The molecule has 0 saturated carbocycles. The lowest BCUT2D eigenvalue weighted by Crippen LogP contribution is -2.51. The number of carbonyl (C=O) groups is 1. The number of amides is 1. The molecule has 0 aliphatic carbocycles. The van der Waals surface area contributed by atoms with Crippen LogP contribution in [0.5, 0.6) is 5.75 Å². The highest BCUT2D eigenvalue weighted by Crippen LogP contribution is 2.28. The minimum absolute atomic E-state index is 0.159. The van der Waals surface area contributed by atoms with E-state index in [-0.39, 0.29) is 11.3 Å². The Morgan fingerprint density at radius 3 is 2.23 bits per heavy atom. The van der Waals surface area contributed by atoms with Crippen LogP contribution in [0.2, 0.25) is 0 Å². The normalized spacial score (nSPS) is 14.9. The van der Waals surface area contributed by atoms with Crippen molar-refractivity contribution < 1.29 is 9.53 Å². The lowest BCUT2D eigenvalue weighted by molar-refractivity contribution is -0.132. The third-order valence-corrected chi connectivity index (χ3v) is 5.74. The number of ether oxygens (including phenoxy) is 1. The SMILES string of the molecule is COc1ccccc1N1CCN(C(=O)CN(C)Cc2ccc(C(C)(C)C)cc2)CC1. The van der Waals surface area contributed by atoms with Crippen molar-refractivity contribution in [1.29, 1.82) is 0 Å². The molecule has 1 amide bonds. The van der Waals surface area contributed by atoms with Gasteiger partial charge < -0.3 is 14.5 Å². The van der Waals surface area contributed by atoms with Crippen molar-refractivity contribution in [1.82, 2.24) is 9.80 Å². The number of nitrogens with zero attached hydrogens (tertiary/aromatic N) is 3. The second kappa shape index (κ2) is 9.52. The Bertz CT molecular complexity index is 834. The molecule has 0 N–H and O–H groups in total. The number of benzene rings is 2. The van der Waals surface area contributed by atoms with Gasteiger partial charge in [0, 0.05) is 32.7 Å². The third-order valence-electron chi connectivity index (χ3n) is 5.74. The molecule has 0 bridgehead atoms. The molecule has 5 heteroatoms. The zero-order valence-corrected chi connectivity index (χ0v) is 19.0. The molecule has 1 heterocycles. The number of anilines is 1. The van der Waals surface area contributed by atoms with E-state index in [9.17, 15) is 4.79 Å². The summed E-state index contributed by atoms with van der Waals surface area (Å²) in [7, 11) is 3.71. The summed E-state index contributed by atoms with van der Waals surface area (Å²) in [5.74, 6) is 1.08. The number of hydrogen-bond acceptors (Lipinski definition) is 4. The maximum Gasteiger partial charge on any atom is 0.236 e. The molecular formula is C25H35N3O2. The molecule has 2 aromatic rings. The van der Waals surface area contributed by atoms with Gasteiger partial charge in [-0.05, 0) is 35.7 Å². The second-order valence-corrected chi connectivity index (χ2v) is 9.16. The molecule has 0 radical (unpaired) electrons. The van der Waals surface area contributed by atoms with Crippen LogP contribution in [0.1, 0.15) is 31.9 Å². The fourth-order valence-corrected chi connectivity index (χ4v) is 3.90. The summed E-state index contributed by atoms with van der Waals surface area (Å²) in [6, 6.07) is 16.8. The van der Waals surface area contributed by atoms with Crippen LogP contribution in [-0.2, 0) is 16.8 Å². The molecule has 0 aromatic heterocycles. The maximum absolute atomic E-state index is 12.8. The molecule has 1 fully saturated rings. The molecule has 3 rings (SSSR count). The van der Waals surface area contributed by atoms with E-state index in [1.54, 1.807) is 7.11 Å². The topological polar surface area (TPSA) is 36.0 Å². The van der Waals surface area contributed by atoms with Crippen LogP contribution in [0.4, 0.5) is 5.69 Å². The molecule has 0 atom stereocenters. The number of methoxy groups -OCH3 is 1. The summed E-state index contributed by atoms with van der Waals surface area (Å²) in [6.45, 7) is 11.0. The van der Waals surface area contributed by atoms with Crippen LogP contribution in [0.15, 0.2) is 48.5 Å². The Hall–Kier alpha value is -2.53. The van der Waals surface area contributed by atoms with Crippen molar-refractivity contribution in [2.75, 3.05) is 51.8 Å². The lowest BCUT2D eigenvalue weighted by Gasteiger charge is -2.37. The summed E-state index contributed by atoms with van der Waals surface area (Å²) in [6.07, 6.45) is 0. The minimum Gasteiger partial charge on any atom is -0.495 e. The molecule has 5 nitrogen and oxygen atoms in total. The average molecular weight is 410 g/mol. The van der Waals surface area contributed by atoms with Gasteiger partial charge in [0.1, 0.15) is 5.75 Å². The number of carbonyl (C=O) groups excluding carboxylic acids is 1. The van der Waals surface area contributed by atoms with Gasteiger partial charge in [0.2, 0.25) is 5.91 Å². The average Bonchev–Trinajstić information content (AvgIpc) is 2.73. The number of hydrogen-bond donors (Lipinski definition) is 0. The Kier molecular flexibility index (Phi) is 7.03. The van der Waals surface area contributed by atoms with Crippen molar-refractivity contribution in [2.24, 2.45) is 0 Å². The molecule has 162 valence electrons. The van der Waals surface area contributed by atoms with Crippen LogP contribution < -0.4 is 9.64 Å². The summed E-state index contributed by atoms with van der Waals surface area (Å²) in [5, 5.41) is 0. The zero-order valence-electron chi connectivity index (χ0n) is 19.0. The van der Waals surface area contributed by atoms with Crippen molar-refractivity contribution in [3.8, 4) is 5.75 Å². The van der Waals surface area contributed by atoms with Gasteiger partial charge in [0.15, 0.2) is 0 Å². The molecule has 2 aromatic carbocycles. The first kappa shape index (κ1) is 22.2. The second-order valence-electron chi connectivity index (χ2n) is 9.16. The van der Waals surface area contributed by atoms with Gasteiger partial charge in [-0.1, -0.05) is 57.2 Å². The van der Waals surface area contributed by atoms with E-state index < -0.39 is 0 Å². The van der Waals surface area contributed by atoms with Crippen LogP contribution in [0, 0.1) is 0 Å². The minimum atomic E-state index is 0.159. The van der Waals surface area contributed by atoms with E-state index in [0.717, 1.165) is 44.2 Å². The number of rotatable bonds is 6. The fourth-order valence-electron chi connectivity index (χ4n) is 3.90. The van der Waals surface area contributed by atoms with Gasteiger partial charge in [0.25, 0.3) is 0 Å². The molecule has 1 aliphatic rings. The standard InChI is InChI=1S/C25H35N3O2/c1-25(2,3)21-12-10-20(11-13-21)18-26(4)19-24(29)28-16-14-27(15-17-28)22-8-6-7-9-23(22)30-5/h6-13H,14-19H2,1-5H3. The van der Waals surface area contributed by atoms with Crippen molar-refractivity contribution >= 4 is 11.6 Å². The number of piperazine rings is 1. The number of para-hydroxylation sites is 2. The van der Waals surface area contributed by atoms with E-state index in [1.165, 1.54) is 11.1 Å². The van der Waals surface area contributed by atoms with Crippen LogP contribution >= 0.6 is 0 Å². The molecule has 30 heavy (non-hydrogen) atoms. The monoisotopic (exact) mass is 409 g/mol. The Morgan fingerprint density at radius 1 is 1.00 bits per heavy atom. The predicted molar refractivity (Wildman–Crippen MR) is 123 cm³/mol. The highest BCUT2D eigenvalue weighted by Gasteiger charge is 2.23. The predicted octanol–water partition coefficient (Wildman–Crippen LogP) is 3.77. The van der Waals surface area contributed by atoms with E-state index in [4.69, 9.17) is 4.74 Å². The van der Waals surface area contributed by atoms with Crippen molar-refractivity contribution in [3.05, 3.63) is 59.7 Å². The molecular weight excluding hydrogens is 374 g/mol. The Labute approximate surface area is 181 Å². The van der Waals surface area contributed by atoms with Crippen LogP contribution in [0.25, 0.3) is 0 Å². The molecule has 1 saturated heterocycles. The smallest absolute Gasteiger partial charge is 0.236 e. The quantitative estimate of drug-likeness (QED) is 0.728. The van der Waals surface area contributed by atoms with Gasteiger partial charge in [-0.2, -0.15) is 0 Å². The molecule has 1 aliphatic heterocycles. The highest BCUT2D eigenvalue weighted by molar-refractivity contribution is 5.78. The summed E-state index contributed by atoms with van der Waals surface area (Å²) in [5.41, 5.74) is 3.83. The highest BCUT2D eigenvalue weighted by atomic mass is 16.5. The first-order valence-electron chi connectivity index (χ1n) is 10.7. The first-order valence-corrected chi connectivity index (χ1v) is 10.7. The van der Waals surface area contributed by atoms with E-state index in [1.807, 2.05) is 30.1 Å². The van der Waals surface area contributed by atoms with E-state index >= 15 is 0 Å². The van der Waals surface area contributed by atoms with Gasteiger partial charge in [0.05, 0.1) is 19.3 Å². The van der Waals surface area contributed by atoms with E-state index in [2.05, 4.69) is 60.9 Å². The van der Waals surface area contributed by atoms with Gasteiger partial charge >= 0.3 is 0 Å². The zero-order chi connectivity index (χ0) is 21.7. The van der Waals surface area contributed by atoms with Gasteiger partial charge in [-0.15, -0.1) is 0 Å². The number of likely N-dealkylation sites (N-methyl/N-ethyl adjacent to an activating group) is 1.